The monoisotopic (exact) mass is 252 g/mol. The van der Waals surface area contributed by atoms with Crippen molar-refractivity contribution in [3.8, 4) is 5.88 Å². The molecule has 5 heteroatoms. The molecule has 0 aliphatic carbocycles. The van der Waals surface area contributed by atoms with E-state index in [1.54, 1.807) is 0 Å². The molecule has 0 atom stereocenters. The highest BCUT2D eigenvalue weighted by atomic mass is 16.5. The number of hydrogen-bond acceptors (Lipinski definition) is 5. The number of nitrogens with zero attached hydrogens (tertiary/aromatic N) is 3. The van der Waals surface area contributed by atoms with Gasteiger partial charge >= 0.3 is 0 Å². The van der Waals surface area contributed by atoms with E-state index in [2.05, 4.69) is 41.2 Å². The Hall–Kier alpha value is -1.36. The molecule has 0 aliphatic heterocycles. The Morgan fingerprint density at radius 1 is 1.28 bits per heavy atom. The zero-order valence-corrected chi connectivity index (χ0v) is 11.9. The second kappa shape index (κ2) is 7.87. The summed E-state index contributed by atoms with van der Waals surface area (Å²) in [6, 6.07) is 1.86. The van der Waals surface area contributed by atoms with Crippen molar-refractivity contribution in [3.63, 3.8) is 0 Å². The van der Waals surface area contributed by atoms with Crippen LogP contribution in [-0.2, 0) is 6.42 Å². The Labute approximate surface area is 110 Å². The molecular formula is C13H24N4O. The first-order valence-corrected chi connectivity index (χ1v) is 6.55. The molecule has 0 spiro atoms. The first-order valence-electron chi connectivity index (χ1n) is 6.55. The van der Waals surface area contributed by atoms with E-state index in [0.29, 0.717) is 12.5 Å². The van der Waals surface area contributed by atoms with Crippen LogP contribution in [0.25, 0.3) is 0 Å². The predicted octanol–water partition coefficient (Wildman–Crippen LogP) is 1.80. The summed E-state index contributed by atoms with van der Waals surface area (Å²) in [5, 5.41) is 3.30. The van der Waals surface area contributed by atoms with Gasteiger partial charge < -0.3 is 15.0 Å². The number of hydrogen-bond donors (Lipinski definition) is 1. The number of ether oxygens (including phenoxy) is 1. The zero-order chi connectivity index (χ0) is 13.4. The van der Waals surface area contributed by atoms with E-state index < -0.39 is 0 Å². The van der Waals surface area contributed by atoms with E-state index in [1.165, 1.54) is 0 Å². The molecule has 0 bridgehead atoms. The minimum Gasteiger partial charge on any atom is -0.478 e. The van der Waals surface area contributed by atoms with Crippen LogP contribution in [0.15, 0.2) is 6.07 Å². The van der Waals surface area contributed by atoms with E-state index in [1.807, 2.05) is 13.0 Å². The molecule has 1 heterocycles. The van der Waals surface area contributed by atoms with Crippen molar-refractivity contribution in [2.45, 2.75) is 26.7 Å². The van der Waals surface area contributed by atoms with Crippen LogP contribution < -0.4 is 10.1 Å². The second-order valence-corrected chi connectivity index (χ2v) is 4.42. The number of aryl methyl sites for hydroxylation is 1. The standard InChI is InChI=1S/C13H24N4O/c1-5-7-11-15-12(14-8-9-17(3)4)10-13(16-11)18-6-2/h10H,5-9H2,1-4H3,(H,14,15,16). The molecule has 5 nitrogen and oxygen atoms in total. The molecule has 0 aliphatic rings. The van der Waals surface area contributed by atoms with Crippen LogP contribution in [0.5, 0.6) is 5.88 Å². The molecule has 0 radical (unpaired) electrons. The van der Waals surface area contributed by atoms with E-state index in [9.17, 15) is 0 Å². The van der Waals surface area contributed by atoms with Gasteiger partial charge in [0, 0.05) is 25.6 Å². The summed E-state index contributed by atoms with van der Waals surface area (Å²) in [6.45, 7) is 6.54. The molecule has 1 aromatic heterocycles. The van der Waals surface area contributed by atoms with Gasteiger partial charge in [0.05, 0.1) is 6.61 Å². The lowest BCUT2D eigenvalue weighted by Crippen LogP contribution is -2.21. The lowest BCUT2D eigenvalue weighted by Gasteiger charge is -2.12. The lowest BCUT2D eigenvalue weighted by atomic mass is 10.3. The fraction of sp³-hybridized carbons (Fsp3) is 0.692. The average molecular weight is 252 g/mol. The van der Waals surface area contributed by atoms with Crippen LogP contribution >= 0.6 is 0 Å². The lowest BCUT2D eigenvalue weighted by molar-refractivity contribution is 0.325. The summed E-state index contributed by atoms with van der Waals surface area (Å²) in [6.07, 6.45) is 1.91. The molecule has 18 heavy (non-hydrogen) atoms. The van der Waals surface area contributed by atoms with E-state index in [4.69, 9.17) is 4.74 Å². The maximum Gasteiger partial charge on any atom is 0.218 e. The highest BCUT2D eigenvalue weighted by Gasteiger charge is 2.04. The van der Waals surface area contributed by atoms with Crippen LogP contribution in [0.2, 0.25) is 0 Å². The number of anilines is 1. The molecule has 0 saturated carbocycles. The molecule has 0 fully saturated rings. The van der Waals surface area contributed by atoms with E-state index >= 15 is 0 Å². The van der Waals surface area contributed by atoms with Crippen molar-refractivity contribution in [1.82, 2.24) is 14.9 Å². The summed E-state index contributed by atoms with van der Waals surface area (Å²) in [5.74, 6) is 2.35. The van der Waals surface area contributed by atoms with Gasteiger partial charge in [-0.15, -0.1) is 0 Å². The summed E-state index contributed by atoms with van der Waals surface area (Å²) in [5.41, 5.74) is 0. The van der Waals surface area contributed by atoms with E-state index in [0.717, 1.165) is 37.6 Å². The van der Waals surface area contributed by atoms with Crippen molar-refractivity contribution in [1.29, 1.82) is 0 Å². The number of likely N-dealkylation sites (N-methyl/N-ethyl adjacent to an activating group) is 1. The molecule has 1 N–H and O–H groups in total. The van der Waals surface area contributed by atoms with Gasteiger partial charge in [-0.25, -0.2) is 4.98 Å². The van der Waals surface area contributed by atoms with Crippen molar-refractivity contribution < 1.29 is 4.74 Å². The van der Waals surface area contributed by atoms with Gasteiger partial charge in [-0.3, -0.25) is 0 Å². The van der Waals surface area contributed by atoms with Crippen LogP contribution in [0.3, 0.4) is 0 Å². The molecule has 102 valence electrons. The second-order valence-electron chi connectivity index (χ2n) is 4.42. The SMILES string of the molecule is CCCc1nc(NCCN(C)C)cc(OCC)n1. The highest BCUT2D eigenvalue weighted by Crippen LogP contribution is 2.14. The predicted molar refractivity (Wildman–Crippen MR) is 74.2 cm³/mol. The fourth-order valence-corrected chi connectivity index (χ4v) is 1.53. The van der Waals surface area contributed by atoms with E-state index in [-0.39, 0.29) is 0 Å². The summed E-state index contributed by atoms with van der Waals surface area (Å²) < 4.78 is 5.46. The molecular weight excluding hydrogens is 228 g/mol. The molecule has 0 unspecified atom stereocenters. The normalized spacial score (nSPS) is 10.7. The summed E-state index contributed by atoms with van der Waals surface area (Å²) in [7, 11) is 4.10. The Balaban J connectivity index is 2.69. The first kappa shape index (κ1) is 14.7. The van der Waals surface area contributed by atoms with Crippen molar-refractivity contribution in [2.75, 3.05) is 39.1 Å². The highest BCUT2D eigenvalue weighted by molar-refractivity contribution is 5.38. The zero-order valence-electron chi connectivity index (χ0n) is 11.9. The van der Waals surface area contributed by atoms with Crippen LogP contribution in [0.4, 0.5) is 5.82 Å². The first-order chi connectivity index (χ1) is 8.65. The summed E-state index contributed by atoms with van der Waals surface area (Å²) >= 11 is 0. The largest absolute Gasteiger partial charge is 0.478 e. The minimum absolute atomic E-state index is 0.625. The third kappa shape index (κ3) is 5.31. The van der Waals surface area contributed by atoms with Crippen LogP contribution in [-0.4, -0.2) is 48.7 Å². The topological polar surface area (TPSA) is 50.3 Å². The Bertz CT molecular complexity index is 331. The van der Waals surface area contributed by atoms with Gasteiger partial charge in [-0.05, 0) is 27.4 Å². The summed E-state index contributed by atoms with van der Waals surface area (Å²) in [4.78, 5) is 11.0. The fourth-order valence-electron chi connectivity index (χ4n) is 1.53. The third-order valence-electron chi connectivity index (χ3n) is 2.38. The van der Waals surface area contributed by atoms with Crippen LogP contribution in [0.1, 0.15) is 26.1 Å². The number of rotatable bonds is 8. The van der Waals surface area contributed by atoms with Gasteiger partial charge in [0.2, 0.25) is 5.88 Å². The number of aromatic nitrogens is 2. The van der Waals surface area contributed by atoms with Gasteiger partial charge in [0.15, 0.2) is 0 Å². The van der Waals surface area contributed by atoms with Crippen molar-refractivity contribution >= 4 is 5.82 Å². The number of nitrogens with one attached hydrogen (secondary N) is 1. The molecule has 0 aromatic carbocycles. The maximum atomic E-state index is 5.46. The Morgan fingerprint density at radius 3 is 2.67 bits per heavy atom. The minimum atomic E-state index is 0.625. The molecule has 1 rings (SSSR count). The van der Waals surface area contributed by atoms with Crippen molar-refractivity contribution in [3.05, 3.63) is 11.9 Å². The third-order valence-corrected chi connectivity index (χ3v) is 2.38. The van der Waals surface area contributed by atoms with Gasteiger partial charge in [-0.2, -0.15) is 4.98 Å². The average Bonchev–Trinajstić information content (AvgIpc) is 2.29. The Morgan fingerprint density at radius 2 is 2.06 bits per heavy atom. The molecule has 0 amide bonds. The quantitative estimate of drug-likeness (QED) is 0.764. The molecule has 1 aromatic rings. The Kier molecular flexibility index (Phi) is 6.43. The van der Waals surface area contributed by atoms with Crippen molar-refractivity contribution in [2.24, 2.45) is 0 Å². The maximum absolute atomic E-state index is 5.46. The van der Waals surface area contributed by atoms with Gasteiger partial charge in [0.25, 0.3) is 0 Å². The van der Waals surface area contributed by atoms with Gasteiger partial charge in [0.1, 0.15) is 11.6 Å². The van der Waals surface area contributed by atoms with Gasteiger partial charge in [-0.1, -0.05) is 6.92 Å². The molecule has 0 saturated heterocycles. The van der Waals surface area contributed by atoms with Crippen LogP contribution in [0, 0.1) is 0 Å². The smallest absolute Gasteiger partial charge is 0.218 e.